The van der Waals surface area contributed by atoms with Crippen molar-refractivity contribution in [1.29, 1.82) is 0 Å². The lowest BCUT2D eigenvalue weighted by molar-refractivity contribution is 1.21. The summed E-state index contributed by atoms with van der Waals surface area (Å²) in [6.07, 6.45) is 3.40. The largest absolute Gasteiger partial charge is 0.352 e. The molecule has 0 aliphatic carbocycles. The molecule has 0 radical (unpaired) electrons. The Bertz CT molecular complexity index is 1260. The van der Waals surface area contributed by atoms with E-state index in [0.29, 0.717) is 34.1 Å². The third-order valence-electron chi connectivity index (χ3n) is 4.32. The fraction of sp³-hybridized carbons (Fsp3) is 0. The van der Waals surface area contributed by atoms with E-state index in [4.69, 9.17) is 0 Å². The number of nitrogens with one attached hydrogen (secondary N) is 1. The Labute approximate surface area is 153 Å². The second kappa shape index (κ2) is 6.10. The summed E-state index contributed by atoms with van der Waals surface area (Å²) >= 11 is 0. The SMILES string of the molecule is O=c1cc(-c2ccc3cccnc3n2)[nH]c(-c2ccc3cccnc3n2)c1. The Morgan fingerprint density at radius 3 is 1.70 bits per heavy atom. The van der Waals surface area contributed by atoms with Crippen LogP contribution < -0.4 is 5.43 Å². The van der Waals surface area contributed by atoms with Gasteiger partial charge in [0.15, 0.2) is 16.7 Å². The Morgan fingerprint density at radius 2 is 1.19 bits per heavy atom. The van der Waals surface area contributed by atoms with Gasteiger partial charge in [0.25, 0.3) is 0 Å². The highest BCUT2D eigenvalue weighted by Gasteiger charge is 2.08. The van der Waals surface area contributed by atoms with Crippen LogP contribution in [0.3, 0.4) is 0 Å². The summed E-state index contributed by atoms with van der Waals surface area (Å²) in [6.45, 7) is 0. The molecule has 0 unspecified atom stereocenters. The zero-order valence-electron chi connectivity index (χ0n) is 14.1. The topological polar surface area (TPSA) is 84.4 Å². The van der Waals surface area contributed by atoms with Crippen molar-refractivity contribution in [2.45, 2.75) is 0 Å². The van der Waals surface area contributed by atoms with Gasteiger partial charge in [-0.25, -0.2) is 19.9 Å². The maximum Gasteiger partial charge on any atom is 0.182 e. The van der Waals surface area contributed by atoms with Crippen molar-refractivity contribution >= 4 is 22.1 Å². The molecule has 0 fully saturated rings. The van der Waals surface area contributed by atoms with Crippen molar-refractivity contribution in [3.05, 3.63) is 83.3 Å². The van der Waals surface area contributed by atoms with E-state index in [1.165, 1.54) is 12.1 Å². The van der Waals surface area contributed by atoms with Crippen LogP contribution in [-0.4, -0.2) is 24.9 Å². The summed E-state index contributed by atoms with van der Waals surface area (Å²) < 4.78 is 0. The summed E-state index contributed by atoms with van der Waals surface area (Å²) in [5.74, 6) is 0. The molecule has 0 atom stereocenters. The fourth-order valence-corrected chi connectivity index (χ4v) is 3.03. The van der Waals surface area contributed by atoms with E-state index in [1.54, 1.807) is 12.4 Å². The van der Waals surface area contributed by atoms with Crippen molar-refractivity contribution in [3.63, 3.8) is 0 Å². The van der Waals surface area contributed by atoms with Gasteiger partial charge in [0.05, 0.1) is 22.8 Å². The monoisotopic (exact) mass is 351 g/mol. The van der Waals surface area contributed by atoms with E-state index >= 15 is 0 Å². The minimum atomic E-state index is -0.121. The zero-order valence-corrected chi connectivity index (χ0v) is 14.1. The summed E-state index contributed by atoms with van der Waals surface area (Å²) in [4.78, 5) is 33.2. The maximum atomic E-state index is 12.3. The lowest BCUT2D eigenvalue weighted by atomic mass is 10.1. The fourth-order valence-electron chi connectivity index (χ4n) is 3.03. The Morgan fingerprint density at radius 1 is 0.667 bits per heavy atom. The first-order chi connectivity index (χ1) is 13.3. The van der Waals surface area contributed by atoms with Gasteiger partial charge in [-0.05, 0) is 48.5 Å². The van der Waals surface area contributed by atoms with Crippen molar-refractivity contribution in [1.82, 2.24) is 24.9 Å². The van der Waals surface area contributed by atoms with Gasteiger partial charge in [-0.3, -0.25) is 4.79 Å². The smallest absolute Gasteiger partial charge is 0.182 e. The molecule has 5 aromatic heterocycles. The second-order valence-electron chi connectivity index (χ2n) is 6.14. The number of fused-ring (bicyclic) bond motifs is 2. The highest BCUT2D eigenvalue weighted by molar-refractivity contribution is 5.79. The van der Waals surface area contributed by atoms with Crippen molar-refractivity contribution in [2.75, 3.05) is 0 Å². The molecule has 5 heterocycles. The molecule has 6 nitrogen and oxygen atoms in total. The first-order valence-corrected chi connectivity index (χ1v) is 8.45. The molecule has 5 rings (SSSR count). The molecule has 0 spiro atoms. The minimum Gasteiger partial charge on any atom is -0.352 e. The summed E-state index contributed by atoms with van der Waals surface area (Å²) in [6, 6.07) is 18.3. The van der Waals surface area contributed by atoms with Crippen LogP contribution in [0.1, 0.15) is 0 Å². The first kappa shape index (κ1) is 15.3. The standard InChI is InChI=1S/C21H13N5O/c27-15-11-18(16-7-5-13-3-1-9-22-20(13)25-16)24-19(12-15)17-8-6-14-4-2-10-23-21(14)26-17/h1-12H,(H,24,27). The summed E-state index contributed by atoms with van der Waals surface area (Å²) in [7, 11) is 0. The van der Waals surface area contributed by atoms with Gasteiger partial charge in [0.1, 0.15) is 0 Å². The summed E-state index contributed by atoms with van der Waals surface area (Å²) in [5, 5.41) is 1.89. The molecule has 0 aliphatic heterocycles. The van der Waals surface area contributed by atoms with Crippen LogP contribution in [0.4, 0.5) is 0 Å². The minimum absolute atomic E-state index is 0.121. The van der Waals surface area contributed by atoms with E-state index < -0.39 is 0 Å². The quantitative estimate of drug-likeness (QED) is 0.525. The molecule has 0 amide bonds. The zero-order chi connectivity index (χ0) is 18.2. The highest BCUT2D eigenvalue weighted by Crippen LogP contribution is 2.22. The number of aromatic amines is 1. The molecule has 0 aromatic carbocycles. The molecule has 128 valence electrons. The molecule has 1 N–H and O–H groups in total. The Balaban J connectivity index is 1.66. The van der Waals surface area contributed by atoms with Gasteiger partial charge in [0.2, 0.25) is 0 Å². The maximum absolute atomic E-state index is 12.3. The number of H-pyrrole nitrogens is 1. The summed E-state index contributed by atoms with van der Waals surface area (Å²) in [5.41, 5.74) is 3.69. The Kier molecular flexibility index (Phi) is 3.47. The molecule has 0 saturated carbocycles. The lowest BCUT2D eigenvalue weighted by Gasteiger charge is -2.07. The van der Waals surface area contributed by atoms with Crippen LogP contribution in [0.15, 0.2) is 77.9 Å². The number of nitrogens with zero attached hydrogens (tertiary/aromatic N) is 4. The average Bonchev–Trinajstić information content (AvgIpc) is 2.72. The average molecular weight is 351 g/mol. The normalized spacial score (nSPS) is 11.1. The van der Waals surface area contributed by atoms with Crippen LogP contribution in [0.5, 0.6) is 0 Å². The third-order valence-corrected chi connectivity index (χ3v) is 4.32. The van der Waals surface area contributed by atoms with Crippen molar-refractivity contribution in [3.8, 4) is 22.8 Å². The molecule has 0 bridgehead atoms. The molecule has 6 heteroatoms. The van der Waals surface area contributed by atoms with Crippen molar-refractivity contribution in [2.24, 2.45) is 0 Å². The van der Waals surface area contributed by atoms with E-state index in [0.717, 1.165) is 10.8 Å². The van der Waals surface area contributed by atoms with Gasteiger partial charge >= 0.3 is 0 Å². The van der Waals surface area contributed by atoms with Gasteiger partial charge < -0.3 is 4.98 Å². The molecular formula is C21H13N5O. The van der Waals surface area contributed by atoms with Crippen LogP contribution >= 0.6 is 0 Å². The van der Waals surface area contributed by atoms with Crippen LogP contribution in [0.25, 0.3) is 44.8 Å². The highest BCUT2D eigenvalue weighted by atomic mass is 16.1. The van der Waals surface area contributed by atoms with Gasteiger partial charge in [-0.1, -0.05) is 0 Å². The van der Waals surface area contributed by atoms with Gasteiger partial charge in [-0.15, -0.1) is 0 Å². The molecule has 0 aliphatic rings. The molecule has 5 aromatic rings. The van der Waals surface area contributed by atoms with Crippen LogP contribution in [-0.2, 0) is 0 Å². The number of aromatic nitrogens is 5. The van der Waals surface area contributed by atoms with Crippen LogP contribution in [0, 0.1) is 0 Å². The second-order valence-corrected chi connectivity index (χ2v) is 6.14. The van der Waals surface area contributed by atoms with E-state index in [9.17, 15) is 4.79 Å². The van der Waals surface area contributed by atoms with Crippen molar-refractivity contribution < 1.29 is 0 Å². The van der Waals surface area contributed by atoms with Crippen LogP contribution in [0.2, 0.25) is 0 Å². The first-order valence-electron chi connectivity index (χ1n) is 8.45. The number of hydrogen-bond donors (Lipinski definition) is 1. The predicted octanol–water partition coefficient (Wildman–Crippen LogP) is 3.60. The van der Waals surface area contributed by atoms with Gasteiger partial charge in [0, 0.05) is 35.3 Å². The number of hydrogen-bond acceptors (Lipinski definition) is 5. The van der Waals surface area contributed by atoms with Gasteiger partial charge in [-0.2, -0.15) is 0 Å². The van der Waals surface area contributed by atoms with E-state index in [2.05, 4.69) is 24.9 Å². The van der Waals surface area contributed by atoms with E-state index in [1.807, 2.05) is 48.5 Å². The number of rotatable bonds is 2. The lowest BCUT2D eigenvalue weighted by Crippen LogP contribution is -2.03. The number of pyridine rings is 5. The Hall–Kier alpha value is -3.93. The van der Waals surface area contributed by atoms with E-state index in [-0.39, 0.29) is 5.43 Å². The third kappa shape index (κ3) is 2.83. The molecule has 27 heavy (non-hydrogen) atoms. The molecular weight excluding hydrogens is 338 g/mol. The molecule has 0 saturated heterocycles. The predicted molar refractivity (Wildman–Crippen MR) is 104 cm³/mol.